The number of aromatic nitrogens is 3. The molecule has 0 bridgehead atoms. The molecule has 0 atom stereocenters. The van der Waals surface area contributed by atoms with Crippen LogP contribution < -0.4 is 5.56 Å². The van der Waals surface area contributed by atoms with Crippen LogP contribution in [-0.4, -0.2) is 56.7 Å². The third-order valence-electron chi connectivity index (χ3n) is 5.86. The second-order valence-corrected chi connectivity index (χ2v) is 8.05. The summed E-state index contributed by atoms with van der Waals surface area (Å²) in [6, 6.07) is 11.4. The number of fused-ring (bicyclic) bond motifs is 1. The quantitative estimate of drug-likeness (QED) is 0.551. The molecule has 1 aliphatic rings. The number of carbonyl (C=O) groups is 1. The van der Waals surface area contributed by atoms with E-state index in [-0.39, 0.29) is 11.5 Å². The molecule has 7 heteroatoms. The molecule has 162 valence electrons. The first-order valence-electron chi connectivity index (χ1n) is 11.1. The van der Waals surface area contributed by atoms with Crippen molar-refractivity contribution < 1.29 is 4.79 Å². The lowest BCUT2D eigenvalue weighted by Crippen LogP contribution is -2.48. The van der Waals surface area contributed by atoms with Gasteiger partial charge in [-0.15, -0.1) is 0 Å². The summed E-state index contributed by atoms with van der Waals surface area (Å²) in [5.74, 6) is -0.0935. The Morgan fingerprint density at radius 2 is 1.68 bits per heavy atom. The molecular weight excluding hydrogens is 390 g/mol. The summed E-state index contributed by atoms with van der Waals surface area (Å²) in [5.41, 5.74) is 1.49. The van der Waals surface area contributed by atoms with Gasteiger partial charge in [-0.1, -0.05) is 38.0 Å². The van der Waals surface area contributed by atoms with Gasteiger partial charge in [0.1, 0.15) is 0 Å². The molecule has 1 aliphatic heterocycles. The number of benzene rings is 1. The first-order valence-corrected chi connectivity index (χ1v) is 11.1. The van der Waals surface area contributed by atoms with Crippen LogP contribution in [0.3, 0.4) is 0 Å². The maximum absolute atomic E-state index is 13.4. The molecule has 0 radical (unpaired) electrons. The topological polar surface area (TPSA) is 71.3 Å². The minimum atomic E-state index is -0.120. The Morgan fingerprint density at radius 1 is 0.968 bits per heavy atom. The summed E-state index contributed by atoms with van der Waals surface area (Å²) in [7, 11) is 0. The predicted octanol–water partition coefficient (Wildman–Crippen LogP) is 2.94. The summed E-state index contributed by atoms with van der Waals surface area (Å²) in [5, 5.41) is 5.73. The van der Waals surface area contributed by atoms with Crippen LogP contribution in [0.25, 0.3) is 10.8 Å². The number of carbonyl (C=O) groups excluding carboxylic acids is 1. The van der Waals surface area contributed by atoms with Crippen LogP contribution in [0.1, 0.15) is 42.2 Å². The molecule has 3 aromatic rings. The van der Waals surface area contributed by atoms with E-state index < -0.39 is 0 Å². The van der Waals surface area contributed by atoms with Crippen LogP contribution in [0, 0.1) is 0 Å². The predicted molar refractivity (Wildman–Crippen MR) is 121 cm³/mol. The summed E-state index contributed by atoms with van der Waals surface area (Å²) in [6.07, 6.45) is 6.59. The van der Waals surface area contributed by atoms with Gasteiger partial charge in [0, 0.05) is 57.0 Å². The van der Waals surface area contributed by atoms with E-state index in [1.54, 1.807) is 18.5 Å². The van der Waals surface area contributed by atoms with Gasteiger partial charge in [0.15, 0.2) is 5.69 Å². The lowest BCUT2D eigenvalue weighted by atomic mass is 10.1. The minimum Gasteiger partial charge on any atom is -0.335 e. The van der Waals surface area contributed by atoms with Crippen LogP contribution in [-0.2, 0) is 13.1 Å². The highest BCUT2D eigenvalue weighted by Crippen LogP contribution is 2.17. The van der Waals surface area contributed by atoms with Gasteiger partial charge in [-0.05, 0) is 30.2 Å². The normalized spacial score (nSPS) is 14.8. The van der Waals surface area contributed by atoms with Crippen LogP contribution in [0.15, 0.2) is 53.6 Å². The number of pyridine rings is 1. The van der Waals surface area contributed by atoms with E-state index in [0.29, 0.717) is 36.1 Å². The number of nitrogens with zero attached hydrogens (tertiary/aromatic N) is 5. The lowest BCUT2D eigenvalue weighted by Gasteiger charge is -2.34. The third kappa shape index (κ3) is 4.82. The van der Waals surface area contributed by atoms with E-state index in [0.717, 1.165) is 38.9 Å². The fraction of sp³-hybridized carbons (Fsp3) is 0.417. The molecule has 1 aromatic carbocycles. The zero-order valence-corrected chi connectivity index (χ0v) is 18.0. The molecule has 7 nitrogen and oxygen atoms in total. The Bertz CT molecular complexity index is 1090. The maximum Gasteiger partial charge on any atom is 0.275 e. The van der Waals surface area contributed by atoms with Gasteiger partial charge in [0.25, 0.3) is 11.5 Å². The Balaban J connectivity index is 1.52. The lowest BCUT2D eigenvalue weighted by molar-refractivity contribution is 0.0622. The Labute approximate surface area is 182 Å². The van der Waals surface area contributed by atoms with E-state index in [4.69, 9.17) is 0 Å². The zero-order chi connectivity index (χ0) is 21.6. The van der Waals surface area contributed by atoms with Crippen LogP contribution >= 0.6 is 0 Å². The first-order chi connectivity index (χ1) is 15.2. The Morgan fingerprint density at radius 3 is 2.39 bits per heavy atom. The Kier molecular flexibility index (Phi) is 6.72. The average molecular weight is 420 g/mol. The van der Waals surface area contributed by atoms with Gasteiger partial charge in [0.05, 0.1) is 5.39 Å². The second kappa shape index (κ2) is 9.83. The van der Waals surface area contributed by atoms with Crippen molar-refractivity contribution in [1.29, 1.82) is 0 Å². The molecule has 0 N–H and O–H groups in total. The minimum absolute atomic E-state index is 0.0935. The van der Waals surface area contributed by atoms with Crippen molar-refractivity contribution in [2.75, 3.05) is 26.2 Å². The first kappa shape index (κ1) is 21.2. The van der Waals surface area contributed by atoms with Crippen molar-refractivity contribution in [1.82, 2.24) is 24.6 Å². The number of piperazine rings is 1. The number of aryl methyl sites for hydroxylation is 1. The van der Waals surface area contributed by atoms with Gasteiger partial charge in [-0.3, -0.25) is 19.5 Å². The number of hydrogen-bond acceptors (Lipinski definition) is 5. The number of hydrogen-bond donors (Lipinski definition) is 0. The number of rotatable bonds is 7. The molecule has 1 fully saturated rings. The van der Waals surface area contributed by atoms with Crippen molar-refractivity contribution in [2.24, 2.45) is 0 Å². The Hall–Kier alpha value is -3.06. The van der Waals surface area contributed by atoms with Crippen molar-refractivity contribution in [3.8, 4) is 0 Å². The SMILES string of the molecule is CCCCCn1nc(C(=O)N2CCN(Cc3ccncc3)CC2)c2ccccc2c1=O. The molecule has 0 aliphatic carbocycles. The van der Waals surface area contributed by atoms with Gasteiger partial charge in [-0.25, -0.2) is 4.68 Å². The third-order valence-corrected chi connectivity index (χ3v) is 5.86. The van der Waals surface area contributed by atoms with E-state index in [9.17, 15) is 9.59 Å². The highest BCUT2D eigenvalue weighted by molar-refractivity contribution is 6.04. The molecule has 1 amide bonds. The second-order valence-electron chi connectivity index (χ2n) is 8.05. The smallest absolute Gasteiger partial charge is 0.275 e. The molecule has 0 unspecified atom stereocenters. The molecule has 3 heterocycles. The van der Waals surface area contributed by atoms with E-state index in [1.807, 2.05) is 35.2 Å². The molecule has 4 rings (SSSR count). The van der Waals surface area contributed by atoms with Gasteiger partial charge >= 0.3 is 0 Å². The summed E-state index contributed by atoms with van der Waals surface area (Å²) in [6.45, 7) is 6.43. The van der Waals surface area contributed by atoms with Gasteiger partial charge in [-0.2, -0.15) is 5.10 Å². The van der Waals surface area contributed by atoms with E-state index >= 15 is 0 Å². The van der Waals surface area contributed by atoms with Gasteiger partial charge < -0.3 is 4.90 Å². The molecular formula is C24H29N5O2. The highest BCUT2D eigenvalue weighted by atomic mass is 16.2. The summed E-state index contributed by atoms with van der Waals surface area (Å²) < 4.78 is 1.48. The van der Waals surface area contributed by atoms with Crippen molar-refractivity contribution in [3.63, 3.8) is 0 Å². The van der Waals surface area contributed by atoms with Gasteiger partial charge in [0.2, 0.25) is 0 Å². The van der Waals surface area contributed by atoms with E-state index in [2.05, 4.69) is 21.9 Å². The zero-order valence-electron chi connectivity index (χ0n) is 18.0. The van der Waals surface area contributed by atoms with Crippen LogP contribution in [0.4, 0.5) is 0 Å². The number of unbranched alkanes of at least 4 members (excludes halogenated alkanes) is 2. The van der Waals surface area contributed by atoms with Crippen LogP contribution in [0.5, 0.6) is 0 Å². The standard InChI is InChI=1S/C24H29N5O2/c1-2-3-6-13-29-23(30)21-8-5-4-7-20(21)22(26-29)24(31)28-16-14-27(15-17-28)18-19-9-11-25-12-10-19/h4-5,7-12H,2-3,6,13-18H2,1H3. The molecule has 1 saturated heterocycles. The maximum atomic E-state index is 13.4. The molecule has 2 aromatic heterocycles. The van der Waals surface area contributed by atoms with Crippen molar-refractivity contribution in [3.05, 3.63) is 70.4 Å². The molecule has 0 spiro atoms. The van der Waals surface area contributed by atoms with Crippen molar-refractivity contribution >= 4 is 16.7 Å². The highest BCUT2D eigenvalue weighted by Gasteiger charge is 2.25. The monoisotopic (exact) mass is 419 g/mol. The fourth-order valence-corrected chi connectivity index (χ4v) is 4.06. The van der Waals surface area contributed by atoms with Crippen molar-refractivity contribution in [2.45, 2.75) is 39.3 Å². The van der Waals surface area contributed by atoms with Crippen LogP contribution in [0.2, 0.25) is 0 Å². The largest absolute Gasteiger partial charge is 0.335 e. The molecule has 0 saturated carbocycles. The summed E-state index contributed by atoms with van der Waals surface area (Å²) >= 11 is 0. The fourth-order valence-electron chi connectivity index (χ4n) is 4.06. The average Bonchev–Trinajstić information content (AvgIpc) is 2.81. The summed E-state index contributed by atoms with van der Waals surface area (Å²) in [4.78, 5) is 34.5. The molecule has 31 heavy (non-hydrogen) atoms. The number of amides is 1. The van der Waals surface area contributed by atoms with E-state index in [1.165, 1.54) is 10.2 Å².